The van der Waals surface area contributed by atoms with Crippen molar-refractivity contribution in [2.24, 2.45) is 0 Å². The third-order valence-corrected chi connectivity index (χ3v) is 4.54. The molecule has 1 aromatic carbocycles. The van der Waals surface area contributed by atoms with Crippen LogP contribution in [0, 0.1) is 0 Å². The van der Waals surface area contributed by atoms with E-state index in [1.165, 1.54) is 16.1 Å². The highest BCUT2D eigenvalue weighted by Gasteiger charge is 2.15. The molecule has 0 bridgehead atoms. The van der Waals surface area contributed by atoms with Gasteiger partial charge in [-0.05, 0) is 18.2 Å². The molecule has 0 aliphatic rings. The normalized spacial score (nSPS) is 11.3. The number of carbonyl (C=O) groups excluding carboxylic acids is 2. The Balaban J connectivity index is 2.24. The number of nitrogens with zero attached hydrogens (tertiary/aromatic N) is 1. The molecule has 1 aromatic rings. The van der Waals surface area contributed by atoms with E-state index in [0.717, 1.165) is 17.7 Å². The minimum atomic E-state index is -0.588. The Hall–Kier alpha value is -1.84. The van der Waals surface area contributed by atoms with Gasteiger partial charge in [0.05, 0.1) is 11.4 Å². The van der Waals surface area contributed by atoms with Gasteiger partial charge in [0.15, 0.2) is 0 Å². The predicted octanol–water partition coefficient (Wildman–Crippen LogP) is 3.63. The zero-order chi connectivity index (χ0) is 19.4. The Labute approximate surface area is 163 Å². The van der Waals surface area contributed by atoms with E-state index in [-0.39, 0.29) is 18.5 Å². The lowest BCUT2D eigenvalue weighted by Gasteiger charge is -2.17. The molecule has 0 heterocycles. The molecular formula is C17H25N3O4S2. The molecule has 0 saturated heterocycles. The molecule has 0 aromatic heterocycles. The number of amides is 1. The Kier molecular flexibility index (Phi) is 10.7. The molecule has 0 saturated carbocycles. The number of rotatable bonds is 11. The van der Waals surface area contributed by atoms with Gasteiger partial charge in [0.1, 0.15) is 6.10 Å². The molecule has 1 amide bonds. The first-order valence-electron chi connectivity index (χ1n) is 8.05. The molecule has 1 atom stereocenters. The molecule has 7 nitrogen and oxygen atoms in total. The average molecular weight is 400 g/mol. The molecule has 0 fully saturated rings. The van der Waals surface area contributed by atoms with E-state index >= 15 is 0 Å². The Morgan fingerprint density at radius 1 is 1.31 bits per heavy atom. The van der Waals surface area contributed by atoms with E-state index in [0.29, 0.717) is 18.0 Å². The van der Waals surface area contributed by atoms with Crippen LogP contribution in [0.2, 0.25) is 0 Å². The number of hydroxylamine groups is 1. The number of hydrogen-bond donors (Lipinski definition) is 2. The average Bonchev–Trinajstić information content (AvgIpc) is 2.67. The van der Waals surface area contributed by atoms with Crippen molar-refractivity contribution in [3.05, 3.63) is 47.5 Å². The highest BCUT2D eigenvalue weighted by atomic mass is 32.2. The molecule has 0 radical (unpaired) electrons. The van der Waals surface area contributed by atoms with E-state index < -0.39 is 6.09 Å². The highest BCUT2D eigenvalue weighted by molar-refractivity contribution is 8.02. The van der Waals surface area contributed by atoms with Gasteiger partial charge < -0.3 is 9.57 Å². The van der Waals surface area contributed by atoms with Gasteiger partial charge >= 0.3 is 12.1 Å². The fraction of sp³-hybridized carbons (Fsp3) is 0.412. The molecule has 1 unspecified atom stereocenters. The van der Waals surface area contributed by atoms with Crippen LogP contribution in [0.3, 0.4) is 0 Å². The van der Waals surface area contributed by atoms with Crippen molar-refractivity contribution in [2.45, 2.75) is 25.9 Å². The number of ether oxygens (including phenoxy) is 1. The number of benzene rings is 1. The summed E-state index contributed by atoms with van der Waals surface area (Å²) in [6.07, 6.45) is 1.88. The van der Waals surface area contributed by atoms with Crippen molar-refractivity contribution in [2.75, 3.05) is 19.8 Å². The fourth-order valence-electron chi connectivity index (χ4n) is 1.81. The van der Waals surface area contributed by atoms with Gasteiger partial charge in [-0.3, -0.25) is 4.79 Å². The van der Waals surface area contributed by atoms with Crippen LogP contribution in [0.15, 0.2) is 41.9 Å². The zero-order valence-electron chi connectivity index (χ0n) is 15.2. The Morgan fingerprint density at radius 3 is 2.62 bits per heavy atom. The number of esters is 1. The Bertz CT molecular complexity index is 587. The van der Waals surface area contributed by atoms with Crippen molar-refractivity contribution >= 4 is 36.0 Å². The number of carbonyl (C=O) groups is 2. The van der Waals surface area contributed by atoms with Gasteiger partial charge in [0.2, 0.25) is 0 Å². The zero-order valence-corrected chi connectivity index (χ0v) is 16.8. The van der Waals surface area contributed by atoms with Crippen molar-refractivity contribution < 1.29 is 19.2 Å². The maximum absolute atomic E-state index is 12.0. The van der Waals surface area contributed by atoms with Crippen LogP contribution in [0.1, 0.15) is 31.4 Å². The van der Waals surface area contributed by atoms with E-state index in [2.05, 4.69) is 16.8 Å². The first-order chi connectivity index (χ1) is 12.5. The second kappa shape index (κ2) is 12.5. The van der Waals surface area contributed by atoms with E-state index in [1.54, 1.807) is 7.05 Å². The lowest BCUT2D eigenvalue weighted by atomic mass is 10.1. The second-order valence-electron chi connectivity index (χ2n) is 5.13. The van der Waals surface area contributed by atoms with Crippen LogP contribution in [0.4, 0.5) is 4.79 Å². The molecule has 0 aliphatic heterocycles. The minimum Gasteiger partial charge on any atom is -0.457 e. The smallest absolute Gasteiger partial charge is 0.444 e. The summed E-state index contributed by atoms with van der Waals surface area (Å²) < 4.78 is 9.67. The molecule has 0 aliphatic carbocycles. The number of hydrogen-bond acceptors (Lipinski definition) is 8. The molecule has 0 spiro atoms. The van der Waals surface area contributed by atoms with Crippen LogP contribution >= 0.6 is 23.9 Å². The van der Waals surface area contributed by atoms with Gasteiger partial charge in [-0.1, -0.05) is 43.8 Å². The quantitative estimate of drug-likeness (QED) is 0.253. The summed E-state index contributed by atoms with van der Waals surface area (Å²) in [6, 6.07) is 9.64. The van der Waals surface area contributed by atoms with Crippen molar-refractivity contribution in [3.63, 3.8) is 0 Å². The van der Waals surface area contributed by atoms with E-state index in [4.69, 9.17) is 9.57 Å². The summed E-state index contributed by atoms with van der Waals surface area (Å²) in [4.78, 5) is 28.5. The molecule has 9 heteroatoms. The lowest BCUT2D eigenvalue weighted by Crippen LogP contribution is -2.30. The van der Waals surface area contributed by atoms with Crippen LogP contribution in [-0.2, 0) is 14.4 Å². The third-order valence-electron chi connectivity index (χ3n) is 3.20. The van der Waals surface area contributed by atoms with Crippen LogP contribution in [-0.4, -0.2) is 36.2 Å². The summed E-state index contributed by atoms with van der Waals surface area (Å²) in [6.45, 7) is 5.96. The molecule has 1 rings (SSSR count). The molecule has 144 valence electrons. The summed E-state index contributed by atoms with van der Waals surface area (Å²) in [5.41, 5.74) is 3.41. The van der Waals surface area contributed by atoms with Gasteiger partial charge in [0.25, 0.3) is 0 Å². The van der Waals surface area contributed by atoms with Gasteiger partial charge in [-0.2, -0.15) is 0 Å². The lowest BCUT2D eigenvalue weighted by molar-refractivity contribution is -0.149. The van der Waals surface area contributed by atoms with E-state index in [9.17, 15) is 9.59 Å². The van der Waals surface area contributed by atoms with Crippen LogP contribution in [0.25, 0.3) is 0 Å². The monoisotopic (exact) mass is 399 g/mol. The van der Waals surface area contributed by atoms with Crippen LogP contribution < -0.4 is 10.2 Å². The summed E-state index contributed by atoms with van der Waals surface area (Å²) in [7, 11) is 1.55. The first kappa shape index (κ1) is 22.2. The summed E-state index contributed by atoms with van der Waals surface area (Å²) >= 11 is 2.36. The standard InChI is InChI=1S/C17H25N3O4S2/c1-5-15(14-9-7-6-8-10-14)23-16(21)11-12-18-26-20(3)17(22)24-19-13(2)25-4/h6-10,15,18-19H,2,5,11-12H2,1,3-4H3. The number of thioether (sulfide) groups is 1. The molecule has 2 N–H and O–H groups in total. The molecule has 26 heavy (non-hydrogen) atoms. The Morgan fingerprint density at radius 2 is 2.00 bits per heavy atom. The van der Waals surface area contributed by atoms with Crippen LogP contribution in [0.5, 0.6) is 0 Å². The van der Waals surface area contributed by atoms with Gasteiger partial charge in [-0.25, -0.2) is 19.3 Å². The fourth-order valence-corrected chi connectivity index (χ4v) is 2.44. The van der Waals surface area contributed by atoms with E-state index in [1.807, 2.05) is 43.5 Å². The largest absolute Gasteiger partial charge is 0.457 e. The minimum absolute atomic E-state index is 0.195. The van der Waals surface area contributed by atoms with Gasteiger partial charge in [-0.15, -0.1) is 11.8 Å². The summed E-state index contributed by atoms with van der Waals surface area (Å²) in [5.74, 6) is -0.294. The maximum atomic E-state index is 12.0. The second-order valence-corrected chi connectivity index (χ2v) is 7.05. The topological polar surface area (TPSA) is 79.9 Å². The van der Waals surface area contributed by atoms with Crippen molar-refractivity contribution in [3.8, 4) is 0 Å². The predicted molar refractivity (Wildman–Crippen MR) is 106 cm³/mol. The third kappa shape index (κ3) is 8.50. The maximum Gasteiger partial charge on any atom is 0.444 e. The highest BCUT2D eigenvalue weighted by Crippen LogP contribution is 2.21. The molecular weight excluding hydrogens is 374 g/mol. The number of nitrogens with one attached hydrogen (secondary N) is 2. The van der Waals surface area contributed by atoms with Crippen molar-refractivity contribution in [1.29, 1.82) is 0 Å². The van der Waals surface area contributed by atoms with Crippen molar-refractivity contribution in [1.82, 2.24) is 14.5 Å². The summed E-state index contributed by atoms with van der Waals surface area (Å²) in [5, 5.41) is 0.524. The first-order valence-corrected chi connectivity index (χ1v) is 10.0. The SMILES string of the molecule is C=C(NOC(=O)N(C)SNCCC(=O)OC(CC)c1ccccc1)SC. The van der Waals surface area contributed by atoms with Gasteiger partial charge in [0, 0.05) is 25.7 Å².